The third kappa shape index (κ3) is 3.36. The SMILES string of the molecule is CC[C@]1(CO)CCCN1Cc1cnc(CC(C)C)s1. The maximum absolute atomic E-state index is 9.74. The Hall–Kier alpha value is -0.450. The predicted molar refractivity (Wildman–Crippen MR) is 80.4 cm³/mol. The van der Waals surface area contributed by atoms with Crippen LogP contribution in [0.25, 0.3) is 0 Å². The smallest absolute Gasteiger partial charge is 0.0930 e. The number of aromatic nitrogens is 1. The van der Waals surface area contributed by atoms with Gasteiger partial charge in [0.25, 0.3) is 0 Å². The lowest BCUT2D eigenvalue weighted by atomic mass is 9.94. The Morgan fingerprint density at radius 3 is 2.95 bits per heavy atom. The third-order valence-corrected chi connectivity index (χ3v) is 5.23. The first kappa shape index (κ1) is 14.9. The largest absolute Gasteiger partial charge is 0.394 e. The lowest BCUT2D eigenvalue weighted by molar-refractivity contribution is 0.0555. The number of hydrogen-bond donors (Lipinski definition) is 1. The summed E-state index contributed by atoms with van der Waals surface area (Å²) >= 11 is 1.84. The molecule has 1 aromatic rings. The van der Waals surface area contributed by atoms with Gasteiger partial charge in [-0.05, 0) is 31.7 Å². The van der Waals surface area contributed by atoms with Gasteiger partial charge in [-0.15, -0.1) is 11.3 Å². The molecular formula is C15H26N2OS. The fraction of sp³-hybridized carbons (Fsp3) is 0.800. The van der Waals surface area contributed by atoms with Crippen LogP contribution >= 0.6 is 11.3 Å². The van der Waals surface area contributed by atoms with E-state index in [1.165, 1.54) is 16.3 Å². The van der Waals surface area contributed by atoms with Crippen molar-refractivity contribution in [3.05, 3.63) is 16.1 Å². The maximum Gasteiger partial charge on any atom is 0.0930 e. The van der Waals surface area contributed by atoms with E-state index in [9.17, 15) is 5.11 Å². The van der Waals surface area contributed by atoms with Gasteiger partial charge in [-0.3, -0.25) is 4.90 Å². The maximum atomic E-state index is 9.74. The second-order valence-electron chi connectivity index (χ2n) is 6.08. The molecule has 1 N–H and O–H groups in total. The van der Waals surface area contributed by atoms with Crippen molar-refractivity contribution in [1.82, 2.24) is 9.88 Å². The molecule has 0 radical (unpaired) electrons. The third-order valence-electron chi connectivity index (χ3n) is 4.22. The Balaban J connectivity index is 2.02. The van der Waals surface area contributed by atoms with Gasteiger partial charge in [0.2, 0.25) is 0 Å². The van der Waals surface area contributed by atoms with Gasteiger partial charge in [0.15, 0.2) is 0 Å². The van der Waals surface area contributed by atoms with E-state index in [-0.39, 0.29) is 12.1 Å². The Bertz CT molecular complexity index is 399. The van der Waals surface area contributed by atoms with Gasteiger partial charge in [0.1, 0.15) is 0 Å². The average Bonchev–Trinajstić information content (AvgIpc) is 2.97. The molecular weight excluding hydrogens is 256 g/mol. The van der Waals surface area contributed by atoms with E-state index >= 15 is 0 Å². The second-order valence-corrected chi connectivity index (χ2v) is 7.28. The zero-order valence-corrected chi connectivity index (χ0v) is 13.2. The number of likely N-dealkylation sites (tertiary alicyclic amines) is 1. The molecule has 1 fully saturated rings. The number of hydrogen-bond acceptors (Lipinski definition) is 4. The highest BCUT2D eigenvalue weighted by Gasteiger charge is 2.38. The number of nitrogens with zero attached hydrogens (tertiary/aromatic N) is 2. The molecule has 0 aromatic carbocycles. The monoisotopic (exact) mass is 282 g/mol. The first-order valence-electron chi connectivity index (χ1n) is 7.39. The van der Waals surface area contributed by atoms with Gasteiger partial charge < -0.3 is 5.11 Å². The van der Waals surface area contributed by atoms with Crippen LogP contribution in [0.4, 0.5) is 0 Å². The van der Waals surface area contributed by atoms with Crippen LogP contribution in [0.15, 0.2) is 6.20 Å². The van der Waals surface area contributed by atoms with Crippen molar-refractivity contribution in [2.24, 2.45) is 5.92 Å². The van der Waals surface area contributed by atoms with E-state index in [1.807, 2.05) is 17.5 Å². The molecule has 2 heterocycles. The van der Waals surface area contributed by atoms with Gasteiger partial charge >= 0.3 is 0 Å². The fourth-order valence-corrected chi connectivity index (χ4v) is 4.14. The molecule has 19 heavy (non-hydrogen) atoms. The molecule has 1 atom stereocenters. The zero-order valence-electron chi connectivity index (χ0n) is 12.4. The van der Waals surface area contributed by atoms with E-state index in [4.69, 9.17) is 0 Å². The second kappa shape index (κ2) is 6.33. The number of aliphatic hydroxyl groups is 1. The molecule has 1 aliphatic heterocycles. The first-order valence-corrected chi connectivity index (χ1v) is 8.21. The van der Waals surface area contributed by atoms with Crippen molar-refractivity contribution in [2.75, 3.05) is 13.2 Å². The lowest BCUT2D eigenvalue weighted by Gasteiger charge is -2.36. The molecule has 1 aromatic heterocycles. The normalized spacial score (nSPS) is 24.5. The molecule has 0 unspecified atom stereocenters. The molecule has 2 rings (SSSR count). The Labute approximate surface area is 120 Å². The Morgan fingerprint density at radius 1 is 1.53 bits per heavy atom. The summed E-state index contributed by atoms with van der Waals surface area (Å²) in [6.07, 6.45) is 6.45. The highest BCUT2D eigenvalue weighted by Crippen LogP contribution is 2.34. The zero-order chi connectivity index (χ0) is 13.9. The van der Waals surface area contributed by atoms with Crippen LogP contribution in [0.5, 0.6) is 0 Å². The van der Waals surface area contributed by atoms with Gasteiger partial charge in [-0.1, -0.05) is 20.8 Å². The van der Waals surface area contributed by atoms with Crippen LogP contribution in [-0.4, -0.2) is 33.7 Å². The summed E-state index contributed by atoms with van der Waals surface area (Å²) in [5.74, 6) is 0.665. The van der Waals surface area contributed by atoms with Crippen molar-refractivity contribution >= 4 is 11.3 Å². The Kier molecular flexibility index (Phi) is 4.98. The van der Waals surface area contributed by atoms with E-state index in [2.05, 4.69) is 30.7 Å². The van der Waals surface area contributed by atoms with Crippen LogP contribution in [-0.2, 0) is 13.0 Å². The van der Waals surface area contributed by atoms with Crippen LogP contribution in [0, 0.1) is 5.92 Å². The first-order chi connectivity index (χ1) is 9.09. The van der Waals surface area contributed by atoms with E-state index in [0.29, 0.717) is 5.92 Å². The number of thiazole rings is 1. The molecule has 1 aliphatic rings. The van der Waals surface area contributed by atoms with Crippen molar-refractivity contribution in [2.45, 2.75) is 58.5 Å². The molecule has 3 nitrogen and oxygen atoms in total. The minimum absolute atomic E-state index is 0.0161. The molecule has 0 aliphatic carbocycles. The summed E-state index contributed by atoms with van der Waals surface area (Å²) in [6.45, 7) is 8.98. The van der Waals surface area contributed by atoms with Crippen molar-refractivity contribution in [3.8, 4) is 0 Å². The quantitative estimate of drug-likeness (QED) is 0.871. The molecule has 108 valence electrons. The van der Waals surface area contributed by atoms with Crippen molar-refractivity contribution < 1.29 is 5.11 Å². The molecule has 0 bridgehead atoms. The minimum atomic E-state index is 0.0161. The molecule has 4 heteroatoms. The van der Waals surface area contributed by atoms with Gasteiger partial charge in [-0.2, -0.15) is 0 Å². The summed E-state index contributed by atoms with van der Waals surface area (Å²) < 4.78 is 0. The van der Waals surface area contributed by atoms with E-state index in [1.54, 1.807) is 0 Å². The summed E-state index contributed by atoms with van der Waals surface area (Å²) in [7, 11) is 0. The van der Waals surface area contributed by atoms with Crippen LogP contribution in [0.1, 0.15) is 49.9 Å². The van der Waals surface area contributed by atoms with Crippen LogP contribution < -0.4 is 0 Å². The minimum Gasteiger partial charge on any atom is -0.394 e. The highest BCUT2D eigenvalue weighted by molar-refractivity contribution is 7.11. The van der Waals surface area contributed by atoms with Crippen LogP contribution in [0.3, 0.4) is 0 Å². The fourth-order valence-electron chi connectivity index (χ4n) is 2.99. The molecule has 0 spiro atoms. The lowest BCUT2D eigenvalue weighted by Crippen LogP contribution is -2.45. The summed E-state index contributed by atoms with van der Waals surface area (Å²) in [5, 5.41) is 11.0. The average molecular weight is 282 g/mol. The highest BCUT2D eigenvalue weighted by atomic mass is 32.1. The van der Waals surface area contributed by atoms with Gasteiger partial charge in [0, 0.05) is 29.6 Å². The van der Waals surface area contributed by atoms with E-state index < -0.39 is 0 Å². The summed E-state index contributed by atoms with van der Waals surface area (Å²) in [5.41, 5.74) is 0.0161. The van der Waals surface area contributed by atoms with Crippen LogP contribution in [0.2, 0.25) is 0 Å². The van der Waals surface area contributed by atoms with Gasteiger partial charge in [-0.25, -0.2) is 4.98 Å². The number of aliphatic hydroxyl groups excluding tert-OH is 1. The topological polar surface area (TPSA) is 36.4 Å². The van der Waals surface area contributed by atoms with Crippen molar-refractivity contribution in [3.63, 3.8) is 0 Å². The Morgan fingerprint density at radius 2 is 2.32 bits per heavy atom. The molecule has 1 saturated heterocycles. The van der Waals surface area contributed by atoms with Gasteiger partial charge in [0.05, 0.1) is 11.6 Å². The predicted octanol–water partition coefficient (Wildman–Crippen LogP) is 3.08. The molecule has 0 amide bonds. The summed E-state index contributed by atoms with van der Waals surface area (Å²) in [6, 6.07) is 0. The number of rotatable bonds is 6. The van der Waals surface area contributed by atoms with E-state index in [0.717, 1.165) is 32.4 Å². The van der Waals surface area contributed by atoms with Crippen molar-refractivity contribution in [1.29, 1.82) is 0 Å². The summed E-state index contributed by atoms with van der Waals surface area (Å²) in [4.78, 5) is 8.32. The molecule has 0 saturated carbocycles. The standard InChI is InChI=1S/C15H26N2OS/c1-4-15(11-18)6-5-7-17(15)10-13-9-16-14(19-13)8-12(2)3/h9,12,18H,4-8,10-11H2,1-3H3/t15-/m1/s1.